The van der Waals surface area contributed by atoms with Crippen molar-refractivity contribution in [2.75, 3.05) is 14.2 Å². The lowest BCUT2D eigenvalue weighted by Gasteiger charge is -2.21. The van der Waals surface area contributed by atoms with Gasteiger partial charge in [0.2, 0.25) is 0 Å². The van der Waals surface area contributed by atoms with Gasteiger partial charge in [0, 0.05) is 0 Å². The molecule has 0 aliphatic rings. The Balaban J connectivity index is 2.09. The van der Waals surface area contributed by atoms with Gasteiger partial charge in [0.1, 0.15) is 11.5 Å². The fraction of sp³-hybridized carbons (Fsp3) is 0.333. The molecular formula is C24H30O2. The maximum absolute atomic E-state index is 5.27. The minimum absolute atomic E-state index is 0.476. The van der Waals surface area contributed by atoms with Crippen LogP contribution < -0.4 is 9.47 Å². The molecule has 0 fully saturated rings. The summed E-state index contributed by atoms with van der Waals surface area (Å²) in [6.07, 6.45) is 8.23. The molecule has 0 bridgehead atoms. The van der Waals surface area contributed by atoms with Crippen LogP contribution in [-0.2, 0) is 0 Å². The van der Waals surface area contributed by atoms with Crippen molar-refractivity contribution in [1.82, 2.24) is 0 Å². The predicted molar refractivity (Wildman–Crippen MR) is 110 cm³/mol. The van der Waals surface area contributed by atoms with Crippen LogP contribution >= 0.6 is 0 Å². The first kappa shape index (κ1) is 19.8. The zero-order chi connectivity index (χ0) is 18.8. The molecule has 0 saturated carbocycles. The molecule has 0 heterocycles. The van der Waals surface area contributed by atoms with Crippen molar-refractivity contribution in [3.8, 4) is 11.5 Å². The number of ether oxygens (including phenoxy) is 2. The number of rotatable bonds is 11. The van der Waals surface area contributed by atoms with E-state index >= 15 is 0 Å². The second-order valence-corrected chi connectivity index (χ2v) is 6.57. The summed E-state index contributed by atoms with van der Waals surface area (Å²) in [5.74, 6) is 2.75. The lowest BCUT2D eigenvalue weighted by Crippen LogP contribution is -2.04. The highest BCUT2D eigenvalue weighted by Gasteiger charge is 2.16. The molecular weight excluding hydrogens is 320 g/mol. The fourth-order valence-corrected chi connectivity index (χ4v) is 3.40. The largest absolute Gasteiger partial charge is 0.497 e. The predicted octanol–water partition coefficient (Wildman–Crippen LogP) is 6.50. The standard InChI is InChI=1S/C24H30O2/c1-5-7-19(21-11-15-23(25-3)16-12-21)9-10-20(8-6-2)22-13-17-24(26-4)18-14-22/h5-6,11-20H,1-2,7-10H2,3-4H3. The summed E-state index contributed by atoms with van der Waals surface area (Å²) in [6, 6.07) is 16.8. The van der Waals surface area contributed by atoms with Crippen molar-refractivity contribution >= 4 is 0 Å². The maximum atomic E-state index is 5.27. The van der Waals surface area contributed by atoms with Gasteiger partial charge in [-0.05, 0) is 72.9 Å². The number of hydrogen-bond acceptors (Lipinski definition) is 2. The summed E-state index contributed by atoms with van der Waals surface area (Å²) in [6.45, 7) is 7.89. The number of allylic oxidation sites excluding steroid dienone is 2. The summed E-state index contributed by atoms with van der Waals surface area (Å²) >= 11 is 0. The first-order valence-corrected chi connectivity index (χ1v) is 9.21. The van der Waals surface area contributed by atoms with E-state index < -0.39 is 0 Å². The molecule has 2 heteroatoms. The summed E-state index contributed by atoms with van der Waals surface area (Å²) in [4.78, 5) is 0. The maximum Gasteiger partial charge on any atom is 0.118 e. The second-order valence-electron chi connectivity index (χ2n) is 6.57. The van der Waals surface area contributed by atoms with Crippen LogP contribution in [0.3, 0.4) is 0 Å². The van der Waals surface area contributed by atoms with Crippen LogP contribution in [0.25, 0.3) is 0 Å². The third kappa shape index (κ3) is 5.52. The van der Waals surface area contributed by atoms with E-state index in [1.807, 2.05) is 36.4 Å². The van der Waals surface area contributed by atoms with Gasteiger partial charge < -0.3 is 9.47 Å². The van der Waals surface area contributed by atoms with E-state index in [0.29, 0.717) is 11.8 Å². The fourth-order valence-electron chi connectivity index (χ4n) is 3.40. The van der Waals surface area contributed by atoms with E-state index in [1.165, 1.54) is 11.1 Å². The monoisotopic (exact) mass is 350 g/mol. The average Bonchev–Trinajstić information content (AvgIpc) is 2.70. The Morgan fingerprint density at radius 1 is 0.692 bits per heavy atom. The van der Waals surface area contributed by atoms with E-state index in [2.05, 4.69) is 37.4 Å². The lowest BCUT2D eigenvalue weighted by atomic mass is 9.84. The van der Waals surface area contributed by atoms with Gasteiger partial charge in [0.05, 0.1) is 14.2 Å². The molecule has 0 aromatic heterocycles. The zero-order valence-electron chi connectivity index (χ0n) is 16.0. The van der Waals surface area contributed by atoms with E-state index in [0.717, 1.165) is 37.2 Å². The first-order valence-electron chi connectivity index (χ1n) is 9.21. The van der Waals surface area contributed by atoms with Crippen molar-refractivity contribution in [2.45, 2.75) is 37.5 Å². The lowest BCUT2D eigenvalue weighted by molar-refractivity contribution is 0.414. The molecule has 26 heavy (non-hydrogen) atoms. The van der Waals surface area contributed by atoms with Gasteiger partial charge in [-0.2, -0.15) is 0 Å². The molecule has 0 amide bonds. The molecule has 138 valence electrons. The number of methoxy groups -OCH3 is 2. The van der Waals surface area contributed by atoms with Gasteiger partial charge in [-0.25, -0.2) is 0 Å². The minimum atomic E-state index is 0.476. The van der Waals surface area contributed by atoms with Crippen LogP contribution in [0.1, 0.15) is 48.6 Å². The molecule has 2 aromatic carbocycles. The summed E-state index contributed by atoms with van der Waals surface area (Å²) in [7, 11) is 3.40. The minimum Gasteiger partial charge on any atom is -0.497 e. The Morgan fingerprint density at radius 3 is 1.31 bits per heavy atom. The van der Waals surface area contributed by atoms with E-state index in [9.17, 15) is 0 Å². The van der Waals surface area contributed by atoms with Crippen LogP contribution in [0.5, 0.6) is 11.5 Å². The molecule has 2 unspecified atom stereocenters. The SMILES string of the molecule is C=CCC(CCC(CC=C)c1ccc(OC)cc1)c1ccc(OC)cc1. The molecule has 2 nitrogen and oxygen atoms in total. The Kier molecular flexibility index (Phi) is 8.01. The van der Waals surface area contributed by atoms with Gasteiger partial charge in [-0.1, -0.05) is 36.4 Å². The summed E-state index contributed by atoms with van der Waals surface area (Å²) in [5, 5.41) is 0. The van der Waals surface area contributed by atoms with Crippen molar-refractivity contribution < 1.29 is 9.47 Å². The molecule has 2 atom stereocenters. The Hall–Kier alpha value is -2.48. The van der Waals surface area contributed by atoms with Gasteiger partial charge in [0.25, 0.3) is 0 Å². The normalized spacial score (nSPS) is 12.8. The highest BCUT2D eigenvalue weighted by molar-refractivity contribution is 5.31. The Labute approximate surface area is 158 Å². The molecule has 0 spiro atoms. The first-order chi connectivity index (χ1) is 12.7. The van der Waals surface area contributed by atoms with Crippen LogP contribution in [0.15, 0.2) is 73.8 Å². The van der Waals surface area contributed by atoms with Crippen molar-refractivity contribution in [2.24, 2.45) is 0 Å². The smallest absolute Gasteiger partial charge is 0.118 e. The van der Waals surface area contributed by atoms with E-state index in [-0.39, 0.29) is 0 Å². The van der Waals surface area contributed by atoms with Gasteiger partial charge in [-0.15, -0.1) is 13.2 Å². The average molecular weight is 351 g/mol. The molecule has 2 rings (SSSR count). The van der Waals surface area contributed by atoms with Crippen LogP contribution in [0.4, 0.5) is 0 Å². The van der Waals surface area contributed by atoms with Crippen molar-refractivity contribution in [3.05, 3.63) is 85.0 Å². The van der Waals surface area contributed by atoms with Crippen LogP contribution in [0.2, 0.25) is 0 Å². The Bertz CT molecular complexity index is 609. The number of benzene rings is 2. The molecule has 2 aromatic rings. The topological polar surface area (TPSA) is 18.5 Å². The van der Waals surface area contributed by atoms with E-state index in [4.69, 9.17) is 9.47 Å². The third-order valence-corrected chi connectivity index (χ3v) is 4.94. The highest BCUT2D eigenvalue weighted by Crippen LogP contribution is 2.33. The van der Waals surface area contributed by atoms with Gasteiger partial charge >= 0.3 is 0 Å². The summed E-state index contributed by atoms with van der Waals surface area (Å²) < 4.78 is 10.5. The molecule has 0 N–H and O–H groups in total. The molecule has 0 radical (unpaired) electrons. The number of hydrogen-bond donors (Lipinski definition) is 0. The van der Waals surface area contributed by atoms with Gasteiger partial charge in [0.15, 0.2) is 0 Å². The van der Waals surface area contributed by atoms with Crippen molar-refractivity contribution in [3.63, 3.8) is 0 Å². The van der Waals surface area contributed by atoms with Crippen molar-refractivity contribution in [1.29, 1.82) is 0 Å². The van der Waals surface area contributed by atoms with E-state index in [1.54, 1.807) is 14.2 Å². The molecule has 0 aliphatic heterocycles. The quantitative estimate of drug-likeness (QED) is 0.430. The Morgan fingerprint density at radius 2 is 1.04 bits per heavy atom. The van der Waals surface area contributed by atoms with Crippen LogP contribution in [-0.4, -0.2) is 14.2 Å². The second kappa shape index (κ2) is 10.5. The highest BCUT2D eigenvalue weighted by atomic mass is 16.5. The van der Waals surface area contributed by atoms with Gasteiger partial charge in [-0.3, -0.25) is 0 Å². The zero-order valence-corrected chi connectivity index (χ0v) is 16.0. The molecule has 0 aliphatic carbocycles. The molecule has 0 saturated heterocycles. The summed E-state index contributed by atoms with van der Waals surface area (Å²) in [5.41, 5.74) is 2.69. The van der Waals surface area contributed by atoms with Crippen LogP contribution in [0, 0.1) is 0 Å². The third-order valence-electron chi connectivity index (χ3n) is 4.94.